The van der Waals surface area contributed by atoms with Crippen LogP contribution >= 0.6 is 0 Å². The van der Waals surface area contributed by atoms with E-state index in [-0.39, 0.29) is 35.9 Å². The minimum absolute atomic E-state index is 0.00394. The van der Waals surface area contributed by atoms with Crippen molar-refractivity contribution in [1.82, 2.24) is 24.9 Å². The minimum atomic E-state index is -0.855. The van der Waals surface area contributed by atoms with Crippen LogP contribution in [-0.4, -0.2) is 89.0 Å². The molecule has 262 valence electrons. The highest BCUT2D eigenvalue weighted by atomic mass is 19.1. The first-order chi connectivity index (χ1) is 23.2. The van der Waals surface area contributed by atoms with E-state index >= 15 is 4.39 Å². The van der Waals surface area contributed by atoms with Crippen molar-refractivity contribution in [3.63, 3.8) is 0 Å². The monoisotopic (exact) mass is 665 g/mol. The number of carbonyl (C=O) groups excluding carboxylic acids is 4. The molecule has 1 aromatic carbocycles. The Labute approximate surface area is 283 Å². The Kier molecular flexibility index (Phi) is 12.2. The molecular weight excluding hydrogens is 613 g/mol. The summed E-state index contributed by atoms with van der Waals surface area (Å²) in [7, 11) is 2.00. The maximum atomic E-state index is 15.9. The zero-order valence-electron chi connectivity index (χ0n) is 28.7. The number of nitrogens with one attached hydrogen (secondary N) is 2. The molecule has 0 spiro atoms. The van der Waals surface area contributed by atoms with Gasteiger partial charge >= 0.3 is 0 Å². The molecule has 0 unspecified atom stereocenters. The van der Waals surface area contributed by atoms with Gasteiger partial charge in [-0.3, -0.25) is 24.1 Å². The number of rotatable bonds is 12. The van der Waals surface area contributed by atoms with Crippen LogP contribution < -0.4 is 15.5 Å². The minimum Gasteiger partial charge on any atom is -0.344 e. The Hall–Kier alpha value is -3.80. The van der Waals surface area contributed by atoms with Gasteiger partial charge in [0, 0.05) is 44.6 Å². The predicted molar refractivity (Wildman–Crippen MR) is 183 cm³/mol. The maximum Gasteiger partial charge on any atom is 0.247 e. The van der Waals surface area contributed by atoms with E-state index in [1.165, 1.54) is 17.0 Å². The van der Waals surface area contributed by atoms with Gasteiger partial charge in [-0.25, -0.2) is 9.07 Å². The molecule has 2 N–H and O–H groups in total. The van der Waals surface area contributed by atoms with E-state index in [1.54, 1.807) is 37.1 Å². The van der Waals surface area contributed by atoms with Crippen LogP contribution in [0.5, 0.6) is 0 Å². The molecule has 2 saturated carbocycles. The van der Waals surface area contributed by atoms with Crippen LogP contribution in [0.25, 0.3) is 0 Å². The van der Waals surface area contributed by atoms with Gasteiger partial charge in [-0.1, -0.05) is 58.4 Å². The van der Waals surface area contributed by atoms with Crippen LogP contribution in [0.1, 0.15) is 102 Å². The summed E-state index contributed by atoms with van der Waals surface area (Å²) in [4.78, 5) is 58.5. The lowest BCUT2D eigenvalue weighted by Crippen LogP contribution is -2.55. The van der Waals surface area contributed by atoms with E-state index in [1.807, 2.05) is 11.7 Å². The smallest absolute Gasteiger partial charge is 0.247 e. The first-order valence-electron chi connectivity index (χ1n) is 17.9. The van der Waals surface area contributed by atoms with Crippen LogP contribution in [0.3, 0.4) is 0 Å². The van der Waals surface area contributed by atoms with E-state index in [0.29, 0.717) is 24.5 Å². The molecule has 1 aromatic heterocycles. The summed E-state index contributed by atoms with van der Waals surface area (Å²) in [5, 5.41) is 10.2. The van der Waals surface area contributed by atoms with Crippen LogP contribution in [0.4, 0.5) is 15.9 Å². The molecule has 4 amide bonds. The van der Waals surface area contributed by atoms with Gasteiger partial charge in [-0.15, -0.1) is 0 Å². The summed E-state index contributed by atoms with van der Waals surface area (Å²) >= 11 is 0. The van der Waals surface area contributed by atoms with Crippen LogP contribution in [0.15, 0.2) is 30.5 Å². The standard InChI is InChI=1S/C36H52FN7O4/c1-4-31(46)40-33(36(48)42-21-19-41(3)20-22-42)25(2)27-15-16-30(29(37)23-27)39-35(47)34(26-11-7-5-6-8-12-26)43(24-45)32-17-18-38-44(32)28-13-9-10-14-28/h15-18,23-26,28,33-34H,4-14,19-22H2,1-3H3,(H,39,47)(H,40,46)/t25-,33+,34-/m0/s1. The normalized spacial score (nSPS) is 20.0. The number of carbonyl (C=O) groups is 4. The van der Waals surface area contributed by atoms with Crippen molar-refractivity contribution >= 4 is 35.6 Å². The molecule has 48 heavy (non-hydrogen) atoms. The van der Waals surface area contributed by atoms with Crippen molar-refractivity contribution in [1.29, 1.82) is 0 Å². The molecule has 2 aromatic rings. The first kappa shape index (κ1) is 35.5. The molecule has 3 atom stereocenters. The molecule has 0 radical (unpaired) electrons. The molecule has 5 rings (SSSR count). The number of benzene rings is 1. The molecule has 3 aliphatic rings. The second-order valence-electron chi connectivity index (χ2n) is 13.8. The largest absolute Gasteiger partial charge is 0.344 e. The number of hydrogen-bond donors (Lipinski definition) is 2. The van der Waals surface area contributed by atoms with E-state index < -0.39 is 29.7 Å². The summed E-state index contributed by atoms with van der Waals surface area (Å²) in [5.74, 6) is -1.54. The third-order valence-electron chi connectivity index (χ3n) is 10.6. The molecule has 2 aliphatic carbocycles. The van der Waals surface area contributed by atoms with Gasteiger partial charge in [0.05, 0.1) is 17.9 Å². The number of hydrogen-bond acceptors (Lipinski definition) is 6. The number of halogens is 1. The number of nitrogens with zero attached hydrogens (tertiary/aromatic N) is 5. The van der Waals surface area contributed by atoms with Gasteiger partial charge in [-0.05, 0) is 56.3 Å². The van der Waals surface area contributed by atoms with Gasteiger partial charge in [0.2, 0.25) is 24.1 Å². The summed E-state index contributed by atoms with van der Waals surface area (Å²) in [5.41, 5.74) is 0.536. The molecular formula is C36H52FN7O4. The Bertz CT molecular complexity index is 1410. The summed E-state index contributed by atoms with van der Waals surface area (Å²) in [6.45, 7) is 6.13. The highest BCUT2D eigenvalue weighted by molar-refractivity contribution is 6.00. The Morgan fingerprint density at radius 2 is 1.67 bits per heavy atom. The Morgan fingerprint density at radius 3 is 2.29 bits per heavy atom. The predicted octanol–water partition coefficient (Wildman–Crippen LogP) is 4.85. The quantitative estimate of drug-likeness (QED) is 0.247. The summed E-state index contributed by atoms with van der Waals surface area (Å²) in [6, 6.07) is 4.82. The summed E-state index contributed by atoms with van der Waals surface area (Å²) < 4.78 is 17.7. The van der Waals surface area contributed by atoms with Crippen LogP contribution in [0, 0.1) is 11.7 Å². The van der Waals surface area contributed by atoms with Crippen molar-refractivity contribution < 1.29 is 23.6 Å². The van der Waals surface area contributed by atoms with Gasteiger partial charge in [0.1, 0.15) is 23.7 Å². The number of aromatic nitrogens is 2. The zero-order chi connectivity index (χ0) is 34.2. The Morgan fingerprint density at radius 1 is 1.00 bits per heavy atom. The van der Waals surface area contributed by atoms with Gasteiger partial charge in [0.15, 0.2) is 0 Å². The van der Waals surface area contributed by atoms with E-state index in [9.17, 15) is 19.2 Å². The highest BCUT2D eigenvalue weighted by Crippen LogP contribution is 2.36. The van der Waals surface area contributed by atoms with Gasteiger partial charge < -0.3 is 20.4 Å². The molecule has 1 saturated heterocycles. The van der Waals surface area contributed by atoms with Gasteiger partial charge in [0.25, 0.3) is 0 Å². The third kappa shape index (κ3) is 8.25. The first-order valence-corrected chi connectivity index (χ1v) is 17.9. The number of likely N-dealkylation sites (N-methyl/N-ethyl adjacent to an activating group) is 1. The molecule has 2 heterocycles. The molecule has 1 aliphatic heterocycles. The van der Waals surface area contributed by atoms with Crippen molar-refractivity contribution in [2.45, 2.75) is 109 Å². The molecule has 12 heteroatoms. The second-order valence-corrected chi connectivity index (χ2v) is 13.8. The van der Waals surface area contributed by atoms with Gasteiger partial charge in [-0.2, -0.15) is 5.10 Å². The maximum absolute atomic E-state index is 15.9. The van der Waals surface area contributed by atoms with E-state index in [0.717, 1.165) is 83.7 Å². The zero-order valence-corrected chi connectivity index (χ0v) is 28.7. The fourth-order valence-electron chi connectivity index (χ4n) is 7.61. The SMILES string of the molecule is CCC(=O)N[C@@H](C(=O)N1CCN(C)CC1)[C@@H](C)c1ccc(NC(=O)[C@H](C2CCCCCC2)N(C=O)c2ccnn2C2CCCC2)c(F)c1. The van der Waals surface area contributed by atoms with Crippen molar-refractivity contribution in [3.8, 4) is 0 Å². The lowest BCUT2D eigenvalue weighted by molar-refractivity contribution is -0.138. The lowest BCUT2D eigenvalue weighted by atomic mass is 9.89. The highest BCUT2D eigenvalue weighted by Gasteiger charge is 2.38. The third-order valence-corrected chi connectivity index (χ3v) is 10.6. The van der Waals surface area contributed by atoms with Crippen molar-refractivity contribution in [2.75, 3.05) is 43.4 Å². The number of anilines is 2. The van der Waals surface area contributed by atoms with Crippen LogP contribution in [0.2, 0.25) is 0 Å². The molecule has 3 fully saturated rings. The Balaban J connectivity index is 1.38. The average molecular weight is 666 g/mol. The van der Waals surface area contributed by atoms with E-state index in [2.05, 4.69) is 20.6 Å². The number of amides is 4. The second kappa shape index (κ2) is 16.5. The topological polar surface area (TPSA) is 120 Å². The fraction of sp³-hybridized carbons (Fsp3) is 0.639. The van der Waals surface area contributed by atoms with Crippen molar-refractivity contribution in [3.05, 3.63) is 41.8 Å². The van der Waals surface area contributed by atoms with Crippen LogP contribution in [-0.2, 0) is 19.2 Å². The lowest BCUT2D eigenvalue weighted by Gasteiger charge is -2.36. The summed E-state index contributed by atoms with van der Waals surface area (Å²) in [6.07, 6.45) is 12.5. The number of piperazine rings is 1. The molecule has 0 bridgehead atoms. The fourth-order valence-corrected chi connectivity index (χ4v) is 7.61. The van der Waals surface area contributed by atoms with Crippen molar-refractivity contribution in [2.24, 2.45) is 5.92 Å². The average Bonchev–Trinajstić information content (AvgIpc) is 3.73. The molecule has 11 nitrogen and oxygen atoms in total. The van der Waals surface area contributed by atoms with E-state index in [4.69, 9.17) is 0 Å².